The fraction of sp³-hybridized carbons (Fsp3) is 0.625. The molecule has 2 atom stereocenters. The molecule has 0 aliphatic carbocycles. The molecule has 0 bridgehead atoms. The molecule has 0 spiro atoms. The fourth-order valence-corrected chi connectivity index (χ4v) is 2.57. The summed E-state index contributed by atoms with van der Waals surface area (Å²) in [6.45, 7) is 10.9. The molecule has 0 heterocycles. The number of hydrogen-bond acceptors (Lipinski definition) is 1. The van der Waals surface area contributed by atoms with Gasteiger partial charge in [-0.1, -0.05) is 51.3 Å². The molecule has 0 saturated heterocycles. The molecule has 0 aromatic heterocycles. The summed E-state index contributed by atoms with van der Waals surface area (Å²) in [6, 6.07) is 4.18. The molecule has 0 saturated carbocycles. The molecule has 96 valence electrons. The number of hydrogen-bond donors (Lipinski definition) is 1. The van der Waals surface area contributed by atoms with Crippen LogP contribution in [0.1, 0.15) is 50.3 Å². The summed E-state index contributed by atoms with van der Waals surface area (Å²) in [6.07, 6.45) is 3.39. The van der Waals surface area contributed by atoms with Gasteiger partial charge in [-0.3, -0.25) is 0 Å². The van der Waals surface area contributed by atoms with E-state index in [1.165, 1.54) is 18.4 Å². The molecule has 0 fully saturated rings. The summed E-state index contributed by atoms with van der Waals surface area (Å²) in [4.78, 5) is 0. The van der Waals surface area contributed by atoms with E-state index in [0.29, 0.717) is 11.7 Å². The van der Waals surface area contributed by atoms with E-state index in [0.717, 1.165) is 23.5 Å². The molecule has 2 unspecified atom stereocenters. The largest absolute Gasteiger partial charge is 0.507 e. The van der Waals surface area contributed by atoms with E-state index in [1.54, 1.807) is 0 Å². The Balaban J connectivity index is 2.93. The van der Waals surface area contributed by atoms with Crippen molar-refractivity contribution in [1.82, 2.24) is 0 Å². The lowest BCUT2D eigenvalue weighted by Gasteiger charge is -2.22. The summed E-state index contributed by atoms with van der Waals surface area (Å²) in [5.74, 6) is 1.89. The fourth-order valence-electron chi connectivity index (χ4n) is 2.57. The molecule has 0 aliphatic heterocycles. The van der Waals surface area contributed by atoms with Crippen LogP contribution in [0.4, 0.5) is 0 Å². The lowest BCUT2D eigenvalue weighted by atomic mass is 9.83. The van der Waals surface area contributed by atoms with E-state index in [9.17, 15) is 5.11 Å². The highest BCUT2D eigenvalue weighted by atomic mass is 16.3. The van der Waals surface area contributed by atoms with Crippen LogP contribution in [0.25, 0.3) is 0 Å². The second kappa shape index (κ2) is 6.09. The van der Waals surface area contributed by atoms with E-state index in [1.807, 2.05) is 13.0 Å². The van der Waals surface area contributed by atoms with Crippen molar-refractivity contribution in [2.75, 3.05) is 0 Å². The van der Waals surface area contributed by atoms with E-state index in [-0.39, 0.29) is 0 Å². The number of aromatic hydroxyl groups is 1. The summed E-state index contributed by atoms with van der Waals surface area (Å²) >= 11 is 0. The molecule has 1 nitrogen and oxygen atoms in total. The van der Waals surface area contributed by atoms with Gasteiger partial charge in [0.25, 0.3) is 0 Å². The first-order valence-corrected chi connectivity index (χ1v) is 6.78. The molecular weight excluding hydrogens is 208 g/mol. The predicted molar refractivity (Wildman–Crippen MR) is 74.5 cm³/mol. The highest BCUT2D eigenvalue weighted by Crippen LogP contribution is 2.30. The normalized spacial score (nSPS) is 14.6. The lowest BCUT2D eigenvalue weighted by Crippen LogP contribution is -2.13. The van der Waals surface area contributed by atoms with E-state index in [2.05, 4.69) is 33.8 Å². The predicted octanol–water partition coefficient (Wildman–Crippen LogP) is 4.62. The van der Waals surface area contributed by atoms with Crippen LogP contribution in [0.3, 0.4) is 0 Å². The van der Waals surface area contributed by atoms with Crippen LogP contribution in [0.5, 0.6) is 5.75 Å². The topological polar surface area (TPSA) is 20.2 Å². The average molecular weight is 234 g/mol. The molecule has 1 N–H and O–H groups in total. The molecule has 0 aliphatic rings. The van der Waals surface area contributed by atoms with Gasteiger partial charge in [-0.2, -0.15) is 0 Å². The third-order valence-corrected chi connectivity index (χ3v) is 3.98. The monoisotopic (exact) mass is 234 g/mol. The quantitative estimate of drug-likeness (QED) is 0.788. The zero-order valence-corrected chi connectivity index (χ0v) is 11.9. The maximum absolute atomic E-state index is 10.1. The summed E-state index contributed by atoms with van der Waals surface area (Å²) in [5.41, 5.74) is 3.36. The van der Waals surface area contributed by atoms with Crippen molar-refractivity contribution in [3.8, 4) is 5.75 Å². The van der Waals surface area contributed by atoms with Gasteiger partial charge >= 0.3 is 0 Å². The van der Waals surface area contributed by atoms with Crippen molar-refractivity contribution in [3.05, 3.63) is 28.8 Å². The van der Waals surface area contributed by atoms with Crippen LogP contribution in [0.15, 0.2) is 12.1 Å². The smallest absolute Gasteiger partial charge is 0.121 e. The van der Waals surface area contributed by atoms with E-state index in [4.69, 9.17) is 0 Å². The highest BCUT2D eigenvalue weighted by molar-refractivity contribution is 5.42. The Kier molecular flexibility index (Phi) is 5.04. The van der Waals surface area contributed by atoms with Crippen molar-refractivity contribution in [1.29, 1.82) is 0 Å². The Morgan fingerprint density at radius 3 is 2.29 bits per heavy atom. The number of rotatable bonds is 5. The second-order valence-corrected chi connectivity index (χ2v) is 5.35. The minimum atomic E-state index is 0.498. The number of phenols is 1. The van der Waals surface area contributed by atoms with Gasteiger partial charge in [-0.25, -0.2) is 0 Å². The minimum absolute atomic E-state index is 0.498. The summed E-state index contributed by atoms with van der Waals surface area (Å²) in [7, 11) is 0. The minimum Gasteiger partial charge on any atom is -0.507 e. The van der Waals surface area contributed by atoms with Crippen molar-refractivity contribution < 1.29 is 5.11 Å². The first-order chi connectivity index (χ1) is 7.99. The Morgan fingerprint density at radius 2 is 1.76 bits per heavy atom. The zero-order chi connectivity index (χ0) is 13.0. The van der Waals surface area contributed by atoms with Crippen molar-refractivity contribution in [2.45, 2.75) is 53.9 Å². The number of phenolic OH excluding ortho intramolecular Hbond substituents is 1. The second-order valence-electron chi connectivity index (χ2n) is 5.35. The van der Waals surface area contributed by atoms with Gasteiger partial charge in [0.05, 0.1) is 0 Å². The molecule has 1 aromatic rings. The van der Waals surface area contributed by atoms with Gasteiger partial charge in [0.15, 0.2) is 0 Å². The summed E-state index contributed by atoms with van der Waals surface area (Å²) < 4.78 is 0. The maximum atomic E-state index is 10.1. The molecule has 0 radical (unpaired) electrons. The van der Waals surface area contributed by atoms with Gasteiger partial charge in [0.2, 0.25) is 0 Å². The molecular formula is C16H26O. The molecule has 1 rings (SSSR count). The van der Waals surface area contributed by atoms with Gasteiger partial charge in [-0.15, -0.1) is 0 Å². The Bertz CT molecular complexity index is 368. The van der Waals surface area contributed by atoms with Gasteiger partial charge in [0.1, 0.15) is 5.75 Å². The van der Waals surface area contributed by atoms with Gasteiger partial charge < -0.3 is 5.11 Å². The van der Waals surface area contributed by atoms with Gasteiger partial charge in [0, 0.05) is 0 Å². The van der Waals surface area contributed by atoms with Crippen LogP contribution in [-0.2, 0) is 6.42 Å². The van der Waals surface area contributed by atoms with Crippen molar-refractivity contribution >= 4 is 0 Å². The molecule has 1 aromatic carbocycles. The Labute approximate surface area is 106 Å². The first-order valence-electron chi connectivity index (χ1n) is 6.78. The van der Waals surface area contributed by atoms with Crippen molar-refractivity contribution in [2.24, 2.45) is 11.8 Å². The Hall–Kier alpha value is -0.980. The SMILES string of the molecule is CCC(C)C(CC)Cc1cc(C)cc(C)c1O. The van der Waals surface area contributed by atoms with E-state index < -0.39 is 0 Å². The maximum Gasteiger partial charge on any atom is 0.121 e. The van der Waals surface area contributed by atoms with Crippen LogP contribution in [0, 0.1) is 25.7 Å². The van der Waals surface area contributed by atoms with Crippen LogP contribution < -0.4 is 0 Å². The molecule has 17 heavy (non-hydrogen) atoms. The lowest BCUT2D eigenvalue weighted by molar-refractivity contribution is 0.331. The zero-order valence-electron chi connectivity index (χ0n) is 11.9. The number of aryl methyl sites for hydroxylation is 2. The standard InChI is InChI=1S/C16H26O/c1-6-12(4)14(7-2)10-15-9-11(3)8-13(5)16(15)17/h8-9,12,14,17H,6-7,10H2,1-5H3. The highest BCUT2D eigenvalue weighted by Gasteiger charge is 2.17. The molecule has 1 heteroatoms. The van der Waals surface area contributed by atoms with Crippen LogP contribution in [-0.4, -0.2) is 5.11 Å². The summed E-state index contributed by atoms with van der Waals surface area (Å²) in [5, 5.41) is 10.1. The van der Waals surface area contributed by atoms with Crippen LogP contribution in [0.2, 0.25) is 0 Å². The number of benzene rings is 1. The third kappa shape index (κ3) is 3.49. The average Bonchev–Trinajstić information content (AvgIpc) is 2.30. The first kappa shape index (κ1) is 14.1. The van der Waals surface area contributed by atoms with Gasteiger partial charge in [-0.05, 0) is 43.2 Å². The van der Waals surface area contributed by atoms with Crippen LogP contribution >= 0.6 is 0 Å². The van der Waals surface area contributed by atoms with E-state index >= 15 is 0 Å². The van der Waals surface area contributed by atoms with Crippen molar-refractivity contribution in [3.63, 3.8) is 0 Å². The molecule has 0 amide bonds. The Morgan fingerprint density at radius 1 is 1.12 bits per heavy atom. The third-order valence-electron chi connectivity index (χ3n) is 3.98.